The number of benzene rings is 1. The summed E-state index contributed by atoms with van der Waals surface area (Å²) in [5, 5.41) is 8.98. The molecule has 14 heavy (non-hydrogen) atoms. The summed E-state index contributed by atoms with van der Waals surface area (Å²) in [4.78, 5) is 1.21. The van der Waals surface area contributed by atoms with E-state index in [-0.39, 0.29) is 0 Å². The SMILES string of the molecule is CSc1cc([CH]O)cc(CC(C)C)c1. The second-order valence-corrected chi connectivity index (χ2v) is 4.72. The Hall–Kier alpha value is -0.470. The van der Waals surface area contributed by atoms with Gasteiger partial charge in [-0.1, -0.05) is 19.9 Å². The van der Waals surface area contributed by atoms with E-state index < -0.39 is 0 Å². The van der Waals surface area contributed by atoms with Crippen molar-refractivity contribution in [2.24, 2.45) is 5.92 Å². The third-order valence-electron chi connectivity index (χ3n) is 2.02. The topological polar surface area (TPSA) is 20.2 Å². The van der Waals surface area contributed by atoms with Crippen LogP contribution in [0.3, 0.4) is 0 Å². The minimum Gasteiger partial charge on any atom is -0.385 e. The number of rotatable bonds is 4. The Bertz CT molecular complexity index is 272. The molecule has 1 N–H and O–H groups in total. The molecule has 0 saturated heterocycles. The highest BCUT2D eigenvalue weighted by Gasteiger charge is 2.02. The number of thioether (sulfide) groups is 1. The van der Waals surface area contributed by atoms with Crippen molar-refractivity contribution in [3.8, 4) is 0 Å². The van der Waals surface area contributed by atoms with Gasteiger partial charge in [0.05, 0.1) is 0 Å². The van der Waals surface area contributed by atoms with Gasteiger partial charge in [-0.15, -0.1) is 11.8 Å². The molecule has 0 fully saturated rings. The summed E-state index contributed by atoms with van der Waals surface area (Å²) >= 11 is 1.71. The van der Waals surface area contributed by atoms with E-state index in [4.69, 9.17) is 5.11 Å². The van der Waals surface area contributed by atoms with Gasteiger partial charge in [-0.25, -0.2) is 0 Å². The highest BCUT2D eigenvalue weighted by atomic mass is 32.2. The van der Waals surface area contributed by atoms with E-state index in [9.17, 15) is 0 Å². The zero-order valence-electron chi connectivity index (χ0n) is 8.95. The molecule has 1 aromatic carbocycles. The molecular formula is C12H17OS. The summed E-state index contributed by atoms with van der Waals surface area (Å²) in [7, 11) is 0. The fraction of sp³-hybridized carbons (Fsp3) is 0.417. The van der Waals surface area contributed by atoms with E-state index in [2.05, 4.69) is 26.2 Å². The number of hydrogen-bond donors (Lipinski definition) is 1. The molecule has 0 bridgehead atoms. The first kappa shape index (κ1) is 11.6. The smallest absolute Gasteiger partial charge is 0.109 e. The van der Waals surface area contributed by atoms with E-state index in [1.54, 1.807) is 11.8 Å². The Kier molecular flexibility index (Phi) is 4.49. The molecule has 0 saturated carbocycles. The minimum atomic E-state index is 0.652. The molecule has 2 heteroatoms. The van der Waals surface area contributed by atoms with Gasteiger partial charge in [-0.2, -0.15) is 0 Å². The first-order valence-corrected chi connectivity index (χ1v) is 6.03. The van der Waals surface area contributed by atoms with Gasteiger partial charge in [0.1, 0.15) is 6.61 Å². The molecule has 1 aromatic rings. The molecule has 0 aromatic heterocycles. The van der Waals surface area contributed by atoms with Crippen molar-refractivity contribution in [2.45, 2.75) is 25.2 Å². The third-order valence-corrected chi connectivity index (χ3v) is 2.72. The Balaban J connectivity index is 2.92. The van der Waals surface area contributed by atoms with Gasteiger partial charge < -0.3 is 5.11 Å². The zero-order valence-corrected chi connectivity index (χ0v) is 9.77. The first-order chi connectivity index (χ1) is 6.65. The number of aliphatic hydroxyl groups is 1. The van der Waals surface area contributed by atoms with Crippen LogP contribution in [0, 0.1) is 12.5 Å². The maximum absolute atomic E-state index is 8.98. The highest BCUT2D eigenvalue weighted by molar-refractivity contribution is 7.98. The lowest BCUT2D eigenvalue weighted by Crippen LogP contribution is -1.95. The molecule has 0 aliphatic rings. The van der Waals surface area contributed by atoms with E-state index >= 15 is 0 Å². The van der Waals surface area contributed by atoms with Crippen molar-refractivity contribution in [3.05, 3.63) is 35.9 Å². The number of aliphatic hydroxyl groups excluding tert-OH is 1. The molecule has 1 rings (SSSR count). The average Bonchev–Trinajstić information content (AvgIpc) is 2.16. The molecular weight excluding hydrogens is 192 g/mol. The van der Waals surface area contributed by atoms with Crippen LogP contribution in [0.1, 0.15) is 25.0 Å². The van der Waals surface area contributed by atoms with Gasteiger partial charge in [0.15, 0.2) is 0 Å². The van der Waals surface area contributed by atoms with Crippen LogP contribution in [-0.2, 0) is 6.42 Å². The molecule has 0 amide bonds. The van der Waals surface area contributed by atoms with Gasteiger partial charge in [-0.3, -0.25) is 0 Å². The van der Waals surface area contributed by atoms with Crippen LogP contribution in [0.25, 0.3) is 0 Å². The molecule has 0 spiro atoms. The molecule has 77 valence electrons. The van der Waals surface area contributed by atoms with Gasteiger partial charge in [0.2, 0.25) is 0 Å². The van der Waals surface area contributed by atoms with Crippen molar-refractivity contribution >= 4 is 11.8 Å². The van der Waals surface area contributed by atoms with Crippen molar-refractivity contribution in [2.75, 3.05) is 6.26 Å². The Labute approximate surface area is 90.5 Å². The molecule has 0 aliphatic heterocycles. The number of hydrogen-bond acceptors (Lipinski definition) is 2. The van der Waals surface area contributed by atoms with E-state index in [0.29, 0.717) is 5.92 Å². The fourth-order valence-corrected chi connectivity index (χ4v) is 1.99. The minimum absolute atomic E-state index is 0.652. The Morgan fingerprint density at radius 1 is 1.36 bits per heavy atom. The maximum atomic E-state index is 8.98. The average molecular weight is 209 g/mol. The van der Waals surface area contributed by atoms with Crippen molar-refractivity contribution in [1.82, 2.24) is 0 Å². The van der Waals surface area contributed by atoms with Crippen LogP contribution < -0.4 is 0 Å². The van der Waals surface area contributed by atoms with Crippen LogP contribution in [0.15, 0.2) is 23.1 Å². The van der Waals surface area contributed by atoms with Crippen molar-refractivity contribution in [3.63, 3.8) is 0 Å². The van der Waals surface area contributed by atoms with Crippen LogP contribution >= 0.6 is 11.8 Å². The van der Waals surface area contributed by atoms with Crippen LogP contribution in [0.5, 0.6) is 0 Å². The second kappa shape index (κ2) is 5.42. The molecule has 0 unspecified atom stereocenters. The van der Waals surface area contributed by atoms with Gasteiger partial charge in [-0.05, 0) is 41.9 Å². The lowest BCUT2D eigenvalue weighted by atomic mass is 10.0. The molecule has 0 atom stereocenters. The highest BCUT2D eigenvalue weighted by Crippen LogP contribution is 2.21. The van der Waals surface area contributed by atoms with E-state index in [1.807, 2.05) is 12.1 Å². The lowest BCUT2D eigenvalue weighted by Gasteiger charge is -2.08. The Morgan fingerprint density at radius 3 is 2.57 bits per heavy atom. The molecule has 1 radical (unpaired) electrons. The first-order valence-electron chi connectivity index (χ1n) is 4.81. The van der Waals surface area contributed by atoms with Crippen molar-refractivity contribution < 1.29 is 5.11 Å². The quantitative estimate of drug-likeness (QED) is 0.766. The lowest BCUT2D eigenvalue weighted by molar-refractivity contribution is 0.414. The standard InChI is InChI=1S/C12H17OS/c1-9(2)4-10-5-11(8-13)7-12(6-10)14-3/h5-9,13H,4H2,1-3H3. The predicted octanol–water partition coefficient (Wildman–Crippen LogP) is 3.49. The summed E-state index contributed by atoms with van der Waals surface area (Å²) in [6, 6.07) is 6.23. The normalized spacial score (nSPS) is 10.9. The van der Waals surface area contributed by atoms with Crippen LogP contribution in [0.4, 0.5) is 0 Å². The van der Waals surface area contributed by atoms with Crippen LogP contribution in [-0.4, -0.2) is 11.4 Å². The summed E-state index contributed by atoms with van der Waals surface area (Å²) in [5.41, 5.74) is 2.19. The van der Waals surface area contributed by atoms with Gasteiger partial charge in [0.25, 0.3) is 0 Å². The predicted molar refractivity (Wildman–Crippen MR) is 62.1 cm³/mol. The maximum Gasteiger partial charge on any atom is 0.109 e. The summed E-state index contributed by atoms with van der Waals surface area (Å²) in [5.74, 6) is 0.652. The summed E-state index contributed by atoms with van der Waals surface area (Å²) < 4.78 is 0. The zero-order chi connectivity index (χ0) is 10.6. The largest absolute Gasteiger partial charge is 0.385 e. The summed E-state index contributed by atoms with van der Waals surface area (Å²) in [6.07, 6.45) is 3.12. The van der Waals surface area contributed by atoms with Crippen LogP contribution in [0.2, 0.25) is 0 Å². The van der Waals surface area contributed by atoms with E-state index in [0.717, 1.165) is 12.0 Å². The van der Waals surface area contributed by atoms with Gasteiger partial charge in [0, 0.05) is 4.90 Å². The van der Waals surface area contributed by atoms with Gasteiger partial charge >= 0.3 is 0 Å². The van der Waals surface area contributed by atoms with Crippen molar-refractivity contribution in [1.29, 1.82) is 0 Å². The monoisotopic (exact) mass is 209 g/mol. The molecule has 0 aliphatic carbocycles. The Morgan fingerprint density at radius 2 is 2.07 bits per heavy atom. The molecule has 1 nitrogen and oxygen atoms in total. The van der Waals surface area contributed by atoms with E-state index in [1.165, 1.54) is 17.1 Å². The fourth-order valence-electron chi connectivity index (χ4n) is 1.47. The summed E-state index contributed by atoms with van der Waals surface area (Å²) in [6.45, 7) is 5.58. The molecule has 0 heterocycles. The second-order valence-electron chi connectivity index (χ2n) is 3.84. The third kappa shape index (κ3) is 3.35.